The lowest BCUT2D eigenvalue weighted by Crippen LogP contribution is -2.35. The number of nitrogens with zero attached hydrogens (tertiary/aromatic N) is 2. The van der Waals surface area contributed by atoms with Crippen molar-refractivity contribution in [2.24, 2.45) is 5.92 Å². The number of ether oxygens (including phenoxy) is 1. The van der Waals surface area contributed by atoms with Gasteiger partial charge in [0.2, 0.25) is 0 Å². The summed E-state index contributed by atoms with van der Waals surface area (Å²) in [6.45, 7) is 9.38. The molecule has 1 amide bonds. The molecule has 112 valence electrons. The topological polar surface area (TPSA) is 54.5 Å². The lowest BCUT2D eigenvalue weighted by Gasteiger charge is -2.20. The summed E-state index contributed by atoms with van der Waals surface area (Å²) < 4.78 is 5.24. The van der Waals surface area contributed by atoms with Crippen molar-refractivity contribution < 1.29 is 9.53 Å². The van der Waals surface area contributed by atoms with E-state index in [9.17, 15) is 4.79 Å². The van der Waals surface area contributed by atoms with E-state index < -0.39 is 5.60 Å². The van der Waals surface area contributed by atoms with Crippen molar-refractivity contribution in [3.05, 3.63) is 16.6 Å². The Hall–Kier alpha value is -1.14. The Balaban J connectivity index is 1.67. The van der Waals surface area contributed by atoms with Gasteiger partial charge in [0.05, 0.1) is 5.51 Å². The number of likely N-dealkylation sites (tertiary alicyclic amines) is 1. The highest BCUT2D eigenvalue weighted by Gasteiger charge is 2.24. The molecule has 0 aromatic carbocycles. The van der Waals surface area contributed by atoms with Gasteiger partial charge in [-0.05, 0) is 39.7 Å². The number of carbonyl (C=O) groups excluding carboxylic acids is 1. The Labute approximate surface area is 124 Å². The van der Waals surface area contributed by atoms with E-state index in [-0.39, 0.29) is 6.09 Å². The molecule has 1 aliphatic rings. The molecular formula is C14H23N3O2S. The van der Waals surface area contributed by atoms with Crippen LogP contribution in [0.3, 0.4) is 0 Å². The van der Waals surface area contributed by atoms with Crippen molar-refractivity contribution in [3.63, 3.8) is 0 Å². The van der Waals surface area contributed by atoms with Crippen LogP contribution in [0.15, 0.2) is 11.7 Å². The van der Waals surface area contributed by atoms with Crippen LogP contribution < -0.4 is 5.32 Å². The fourth-order valence-electron chi connectivity index (χ4n) is 2.31. The first kappa shape index (κ1) is 15.3. The van der Waals surface area contributed by atoms with Crippen LogP contribution in [-0.4, -0.2) is 41.2 Å². The van der Waals surface area contributed by atoms with Crippen LogP contribution in [0, 0.1) is 5.92 Å². The summed E-state index contributed by atoms with van der Waals surface area (Å²) >= 11 is 1.69. The number of amides is 1. The summed E-state index contributed by atoms with van der Waals surface area (Å²) in [6.07, 6.45) is 2.73. The Kier molecular flexibility index (Phi) is 4.99. The van der Waals surface area contributed by atoms with Gasteiger partial charge in [-0.25, -0.2) is 4.79 Å². The quantitative estimate of drug-likeness (QED) is 0.927. The van der Waals surface area contributed by atoms with Crippen molar-refractivity contribution in [3.8, 4) is 0 Å². The van der Waals surface area contributed by atoms with Gasteiger partial charge >= 0.3 is 6.09 Å². The fourth-order valence-corrected chi connectivity index (χ4v) is 2.94. The first-order valence-corrected chi connectivity index (χ1v) is 7.87. The zero-order valence-electron chi connectivity index (χ0n) is 12.4. The van der Waals surface area contributed by atoms with E-state index in [4.69, 9.17) is 4.74 Å². The van der Waals surface area contributed by atoms with Gasteiger partial charge in [0, 0.05) is 30.7 Å². The highest BCUT2D eigenvalue weighted by molar-refractivity contribution is 7.09. The van der Waals surface area contributed by atoms with E-state index in [1.165, 1.54) is 4.88 Å². The molecule has 0 spiro atoms. The van der Waals surface area contributed by atoms with Crippen LogP contribution in [0.1, 0.15) is 32.1 Å². The number of hydrogen-bond acceptors (Lipinski definition) is 5. The van der Waals surface area contributed by atoms with Crippen LogP contribution in [0.5, 0.6) is 0 Å². The van der Waals surface area contributed by atoms with Crippen LogP contribution in [0.2, 0.25) is 0 Å². The van der Waals surface area contributed by atoms with Gasteiger partial charge in [-0.2, -0.15) is 0 Å². The molecule has 6 heteroatoms. The van der Waals surface area contributed by atoms with Gasteiger partial charge < -0.3 is 10.1 Å². The van der Waals surface area contributed by atoms with Gasteiger partial charge in [-0.1, -0.05) is 0 Å². The van der Waals surface area contributed by atoms with Crippen molar-refractivity contribution in [1.29, 1.82) is 0 Å². The van der Waals surface area contributed by atoms with E-state index in [2.05, 4.69) is 15.2 Å². The summed E-state index contributed by atoms with van der Waals surface area (Å²) in [5.41, 5.74) is 1.44. The Morgan fingerprint density at radius 2 is 2.40 bits per heavy atom. The number of thiazole rings is 1. The van der Waals surface area contributed by atoms with Gasteiger partial charge in [0.1, 0.15) is 5.60 Å². The molecule has 2 heterocycles. The van der Waals surface area contributed by atoms with E-state index in [0.717, 1.165) is 26.1 Å². The fraction of sp³-hybridized carbons (Fsp3) is 0.714. The number of nitrogens with one attached hydrogen (secondary N) is 1. The van der Waals surface area contributed by atoms with Gasteiger partial charge in [-0.3, -0.25) is 9.88 Å². The maximum atomic E-state index is 11.6. The largest absolute Gasteiger partial charge is 0.444 e. The SMILES string of the molecule is CC(C)(C)OC(=O)NC[C@@H]1CCN(Cc2cncs2)C1. The monoisotopic (exact) mass is 297 g/mol. The molecule has 0 saturated carbocycles. The van der Waals surface area contributed by atoms with Crippen molar-refractivity contribution >= 4 is 17.4 Å². The van der Waals surface area contributed by atoms with E-state index in [1.54, 1.807) is 11.3 Å². The van der Waals surface area contributed by atoms with E-state index in [1.807, 2.05) is 32.5 Å². The lowest BCUT2D eigenvalue weighted by molar-refractivity contribution is 0.0519. The van der Waals surface area contributed by atoms with Gasteiger partial charge in [0.25, 0.3) is 0 Å². The van der Waals surface area contributed by atoms with Crippen molar-refractivity contribution in [2.45, 2.75) is 39.3 Å². The maximum absolute atomic E-state index is 11.6. The molecule has 5 nitrogen and oxygen atoms in total. The van der Waals surface area contributed by atoms with Crippen LogP contribution in [0.25, 0.3) is 0 Å². The number of carbonyl (C=O) groups is 1. The molecule has 1 saturated heterocycles. The maximum Gasteiger partial charge on any atom is 0.407 e. The average molecular weight is 297 g/mol. The Morgan fingerprint density at radius 3 is 3.05 bits per heavy atom. The molecule has 0 radical (unpaired) electrons. The standard InChI is InChI=1S/C14H23N3O2S/c1-14(2,3)19-13(18)16-6-11-4-5-17(8-11)9-12-7-15-10-20-12/h7,10-11H,4-6,8-9H2,1-3H3,(H,16,18)/t11-/m0/s1. The third-order valence-corrected chi connectivity index (χ3v) is 3.93. The summed E-state index contributed by atoms with van der Waals surface area (Å²) in [7, 11) is 0. The molecule has 2 rings (SSSR count). The van der Waals surface area contributed by atoms with E-state index >= 15 is 0 Å². The molecule has 0 unspecified atom stereocenters. The summed E-state index contributed by atoms with van der Waals surface area (Å²) in [5.74, 6) is 0.510. The van der Waals surface area contributed by atoms with Crippen LogP contribution in [-0.2, 0) is 11.3 Å². The van der Waals surface area contributed by atoms with Gasteiger partial charge in [0.15, 0.2) is 0 Å². The minimum atomic E-state index is -0.433. The summed E-state index contributed by atoms with van der Waals surface area (Å²) in [6, 6.07) is 0. The molecule has 1 aromatic rings. The van der Waals surface area contributed by atoms with Crippen LogP contribution in [0.4, 0.5) is 4.79 Å². The van der Waals surface area contributed by atoms with Crippen molar-refractivity contribution in [2.75, 3.05) is 19.6 Å². The Morgan fingerprint density at radius 1 is 1.60 bits per heavy atom. The zero-order valence-corrected chi connectivity index (χ0v) is 13.2. The first-order valence-electron chi connectivity index (χ1n) is 6.99. The number of rotatable bonds is 4. The second-order valence-electron chi connectivity index (χ2n) is 6.24. The summed E-state index contributed by atoms with van der Waals surface area (Å²) in [4.78, 5) is 19.4. The number of hydrogen-bond donors (Lipinski definition) is 1. The molecule has 1 atom stereocenters. The summed E-state index contributed by atoms with van der Waals surface area (Å²) in [5, 5.41) is 2.86. The molecule has 1 aromatic heterocycles. The van der Waals surface area contributed by atoms with Crippen molar-refractivity contribution in [1.82, 2.24) is 15.2 Å². The second kappa shape index (κ2) is 6.54. The minimum absolute atomic E-state index is 0.321. The average Bonchev–Trinajstić information content (AvgIpc) is 2.96. The zero-order chi connectivity index (χ0) is 14.6. The smallest absolute Gasteiger partial charge is 0.407 e. The number of alkyl carbamates (subject to hydrolysis) is 1. The van der Waals surface area contributed by atoms with Gasteiger partial charge in [-0.15, -0.1) is 11.3 Å². The molecular weight excluding hydrogens is 274 g/mol. The molecule has 0 bridgehead atoms. The second-order valence-corrected chi connectivity index (χ2v) is 7.21. The van der Waals surface area contributed by atoms with Crippen LogP contribution >= 0.6 is 11.3 Å². The van der Waals surface area contributed by atoms with E-state index in [0.29, 0.717) is 12.5 Å². The first-order chi connectivity index (χ1) is 9.42. The molecule has 1 fully saturated rings. The third kappa shape index (κ3) is 5.09. The highest BCUT2D eigenvalue weighted by Crippen LogP contribution is 2.19. The highest BCUT2D eigenvalue weighted by atomic mass is 32.1. The predicted octanol–water partition coefficient (Wildman–Crippen LogP) is 2.49. The molecule has 0 aliphatic carbocycles. The number of aromatic nitrogens is 1. The third-order valence-electron chi connectivity index (χ3n) is 3.17. The Bertz CT molecular complexity index is 428. The molecule has 1 aliphatic heterocycles. The molecule has 1 N–H and O–H groups in total. The lowest BCUT2D eigenvalue weighted by atomic mass is 10.1. The minimum Gasteiger partial charge on any atom is -0.444 e. The molecule has 20 heavy (non-hydrogen) atoms. The predicted molar refractivity (Wildman–Crippen MR) is 79.7 cm³/mol. The normalized spacial score (nSPS) is 20.1.